The van der Waals surface area contributed by atoms with E-state index >= 15 is 0 Å². The molecule has 0 saturated heterocycles. The molecule has 0 spiro atoms. The van der Waals surface area contributed by atoms with E-state index in [0.29, 0.717) is 5.95 Å². The standard InChI is InChI=1S/C19H25N5S/c1-3-20-19-22-17(16-10-13-25-18(16)23-19)21-11-7-12-24(2)14-15-8-5-4-6-9-15/h4-6,8-10,13H,3,7,11-12,14H2,1-2H3,(H2,20,21,22,23). The number of benzene rings is 1. The Kier molecular flexibility index (Phi) is 6.19. The molecule has 0 aliphatic carbocycles. The van der Waals surface area contributed by atoms with E-state index in [4.69, 9.17) is 0 Å². The van der Waals surface area contributed by atoms with E-state index < -0.39 is 0 Å². The first-order chi connectivity index (χ1) is 12.3. The summed E-state index contributed by atoms with van der Waals surface area (Å²) in [5.41, 5.74) is 1.35. The van der Waals surface area contributed by atoms with Gasteiger partial charge in [0.05, 0.1) is 5.39 Å². The monoisotopic (exact) mass is 355 g/mol. The van der Waals surface area contributed by atoms with Crippen molar-refractivity contribution in [2.24, 2.45) is 0 Å². The number of thiophene rings is 1. The first-order valence-electron chi connectivity index (χ1n) is 8.71. The summed E-state index contributed by atoms with van der Waals surface area (Å²) in [6, 6.07) is 12.7. The number of nitrogens with one attached hydrogen (secondary N) is 2. The number of hydrogen-bond donors (Lipinski definition) is 2. The van der Waals surface area contributed by atoms with Gasteiger partial charge in [0.2, 0.25) is 5.95 Å². The fourth-order valence-corrected chi connectivity index (χ4v) is 3.52. The molecule has 1 aromatic carbocycles. The zero-order valence-corrected chi connectivity index (χ0v) is 15.6. The molecule has 0 aliphatic heterocycles. The Bertz CT molecular complexity index is 787. The molecule has 0 fully saturated rings. The van der Waals surface area contributed by atoms with Gasteiger partial charge in [-0.3, -0.25) is 0 Å². The van der Waals surface area contributed by atoms with Crippen molar-refractivity contribution in [3.05, 3.63) is 47.3 Å². The second-order valence-electron chi connectivity index (χ2n) is 6.07. The van der Waals surface area contributed by atoms with Crippen LogP contribution in [-0.4, -0.2) is 41.5 Å². The van der Waals surface area contributed by atoms with Crippen molar-refractivity contribution in [2.45, 2.75) is 19.9 Å². The van der Waals surface area contributed by atoms with Gasteiger partial charge in [-0.25, -0.2) is 4.98 Å². The van der Waals surface area contributed by atoms with Gasteiger partial charge in [0.1, 0.15) is 10.6 Å². The van der Waals surface area contributed by atoms with Crippen molar-refractivity contribution in [1.29, 1.82) is 0 Å². The lowest BCUT2D eigenvalue weighted by Crippen LogP contribution is -2.21. The van der Waals surface area contributed by atoms with E-state index in [1.54, 1.807) is 11.3 Å². The van der Waals surface area contributed by atoms with E-state index in [2.05, 4.69) is 81.3 Å². The molecule has 0 saturated carbocycles. The van der Waals surface area contributed by atoms with Crippen LogP contribution in [0.5, 0.6) is 0 Å². The van der Waals surface area contributed by atoms with Crippen LogP contribution in [0.25, 0.3) is 10.2 Å². The minimum Gasteiger partial charge on any atom is -0.369 e. The molecule has 6 heteroatoms. The maximum absolute atomic E-state index is 4.61. The minimum absolute atomic E-state index is 0.696. The molecule has 2 aromatic heterocycles. The summed E-state index contributed by atoms with van der Waals surface area (Å²) in [5, 5.41) is 9.85. The van der Waals surface area contributed by atoms with Gasteiger partial charge in [-0.15, -0.1) is 11.3 Å². The Morgan fingerprint density at radius 1 is 1.08 bits per heavy atom. The van der Waals surface area contributed by atoms with Crippen LogP contribution in [0.15, 0.2) is 41.8 Å². The average Bonchev–Trinajstić information content (AvgIpc) is 3.08. The third kappa shape index (κ3) is 4.90. The van der Waals surface area contributed by atoms with Crippen molar-refractivity contribution in [3.63, 3.8) is 0 Å². The summed E-state index contributed by atoms with van der Waals surface area (Å²) in [7, 11) is 2.16. The second kappa shape index (κ2) is 8.78. The van der Waals surface area contributed by atoms with E-state index in [-0.39, 0.29) is 0 Å². The minimum atomic E-state index is 0.696. The van der Waals surface area contributed by atoms with Crippen molar-refractivity contribution < 1.29 is 0 Å². The van der Waals surface area contributed by atoms with E-state index in [9.17, 15) is 0 Å². The van der Waals surface area contributed by atoms with E-state index in [1.165, 1.54) is 5.56 Å². The summed E-state index contributed by atoms with van der Waals surface area (Å²) >= 11 is 1.65. The second-order valence-corrected chi connectivity index (χ2v) is 6.96. The summed E-state index contributed by atoms with van der Waals surface area (Å²) < 4.78 is 0. The predicted molar refractivity (Wildman–Crippen MR) is 107 cm³/mol. The van der Waals surface area contributed by atoms with Crippen molar-refractivity contribution in [1.82, 2.24) is 14.9 Å². The zero-order valence-electron chi connectivity index (χ0n) is 14.8. The summed E-state index contributed by atoms with van der Waals surface area (Å²) in [6.07, 6.45) is 1.06. The molecule has 2 N–H and O–H groups in total. The van der Waals surface area contributed by atoms with Crippen molar-refractivity contribution in [2.75, 3.05) is 37.3 Å². The molecule has 5 nitrogen and oxygen atoms in total. The molecule has 132 valence electrons. The molecule has 3 aromatic rings. The van der Waals surface area contributed by atoms with Gasteiger partial charge in [0, 0.05) is 19.6 Å². The maximum Gasteiger partial charge on any atom is 0.226 e. The molecule has 0 aliphatic rings. The van der Waals surface area contributed by atoms with Crippen LogP contribution in [0, 0.1) is 0 Å². The number of fused-ring (bicyclic) bond motifs is 1. The molecule has 0 bridgehead atoms. The fraction of sp³-hybridized carbons (Fsp3) is 0.368. The zero-order chi connectivity index (χ0) is 17.5. The quantitative estimate of drug-likeness (QED) is 0.567. The smallest absolute Gasteiger partial charge is 0.226 e. The molecule has 0 unspecified atom stereocenters. The Morgan fingerprint density at radius 2 is 1.92 bits per heavy atom. The number of aromatic nitrogens is 2. The number of hydrogen-bond acceptors (Lipinski definition) is 6. The van der Waals surface area contributed by atoms with Crippen molar-refractivity contribution >= 4 is 33.3 Å². The van der Waals surface area contributed by atoms with Gasteiger partial charge in [0.15, 0.2) is 0 Å². The number of nitrogens with zero attached hydrogens (tertiary/aromatic N) is 3. The lowest BCUT2D eigenvalue weighted by molar-refractivity contribution is 0.325. The van der Waals surface area contributed by atoms with Crippen molar-refractivity contribution in [3.8, 4) is 0 Å². The molecule has 3 rings (SSSR count). The van der Waals surface area contributed by atoms with Gasteiger partial charge in [-0.1, -0.05) is 30.3 Å². The van der Waals surface area contributed by atoms with Crippen LogP contribution in [0.1, 0.15) is 18.9 Å². The van der Waals surface area contributed by atoms with Gasteiger partial charge < -0.3 is 15.5 Å². The Balaban J connectivity index is 1.51. The van der Waals surface area contributed by atoms with Gasteiger partial charge in [-0.2, -0.15) is 4.98 Å². The number of rotatable bonds is 9. The SMILES string of the molecule is CCNc1nc(NCCCN(C)Cc2ccccc2)c2ccsc2n1. The lowest BCUT2D eigenvalue weighted by atomic mass is 10.2. The molecule has 0 amide bonds. The van der Waals surface area contributed by atoms with Crippen LogP contribution in [0.3, 0.4) is 0 Å². The first-order valence-corrected chi connectivity index (χ1v) is 9.59. The predicted octanol–water partition coefficient (Wildman–Crippen LogP) is 4.06. The highest BCUT2D eigenvalue weighted by molar-refractivity contribution is 7.16. The third-order valence-corrected chi connectivity index (χ3v) is 4.77. The van der Waals surface area contributed by atoms with Crippen LogP contribution < -0.4 is 10.6 Å². The highest BCUT2D eigenvalue weighted by Gasteiger charge is 2.08. The van der Waals surface area contributed by atoms with E-state index in [1.807, 2.05) is 0 Å². The Hall–Kier alpha value is -2.18. The largest absolute Gasteiger partial charge is 0.369 e. The van der Waals surface area contributed by atoms with Gasteiger partial charge >= 0.3 is 0 Å². The third-order valence-electron chi connectivity index (χ3n) is 3.96. The highest BCUT2D eigenvalue weighted by Crippen LogP contribution is 2.26. The van der Waals surface area contributed by atoms with Crippen LogP contribution in [0.2, 0.25) is 0 Å². The molecule has 25 heavy (non-hydrogen) atoms. The fourth-order valence-electron chi connectivity index (χ4n) is 2.76. The maximum atomic E-state index is 4.61. The lowest BCUT2D eigenvalue weighted by Gasteiger charge is -2.17. The Labute approximate surface area is 153 Å². The van der Waals surface area contributed by atoms with Crippen LogP contribution >= 0.6 is 11.3 Å². The highest BCUT2D eigenvalue weighted by atomic mass is 32.1. The normalized spacial score (nSPS) is 11.2. The summed E-state index contributed by atoms with van der Waals surface area (Å²) in [6.45, 7) is 5.79. The van der Waals surface area contributed by atoms with E-state index in [0.717, 1.165) is 48.6 Å². The summed E-state index contributed by atoms with van der Waals surface area (Å²) in [5.74, 6) is 1.62. The number of anilines is 2. The summed E-state index contributed by atoms with van der Waals surface area (Å²) in [4.78, 5) is 12.5. The Morgan fingerprint density at radius 3 is 2.72 bits per heavy atom. The molecular formula is C19H25N5S. The van der Waals surface area contributed by atoms with Crippen LogP contribution in [0.4, 0.5) is 11.8 Å². The first kappa shape index (κ1) is 17.6. The molecule has 2 heterocycles. The topological polar surface area (TPSA) is 53.1 Å². The van der Waals surface area contributed by atoms with Gasteiger partial charge in [-0.05, 0) is 43.9 Å². The molecule has 0 atom stereocenters. The van der Waals surface area contributed by atoms with Gasteiger partial charge in [0.25, 0.3) is 0 Å². The molecular weight excluding hydrogens is 330 g/mol. The average molecular weight is 356 g/mol. The molecule has 0 radical (unpaired) electrons. The van der Waals surface area contributed by atoms with Crippen LogP contribution in [-0.2, 0) is 6.54 Å².